The average molecular weight is 310 g/mol. The number of fused-ring (bicyclic) bond motifs is 1. The number of nitriles is 1. The van der Waals surface area contributed by atoms with Crippen molar-refractivity contribution in [2.24, 2.45) is 5.92 Å². The Balaban J connectivity index is 1.80. The van der Waals surface area contributed by atoms with Crippen LogP contribution in [0.15, 0.2) is 31.2 Å². The average Bonchev–Trinajstić information content (AvgIpc) is 3.04. The summed E-state index contributed by atoms with van der Waals surface area (Å²) in [6.07, 6.45) is 5.90. The first-order chi connectivity index (χ1) is 11.2. The number of carbonyl (C=O) groups excluding carboxylic acids is 1. The van der Waals surface area contributed by atoms with Crippen molar-refractivity contribution in [3.05, 3.63) is 31.2 Å². The van der Waals surface area contributed by atoms with Crippen molar-refractivity contribution in [1.29, 1.82) is 5.26 Å². The molecule has 2 atom stereocenters. The number of piperidine rings is 1. The molecule has 1 aliphatic heterocycles. The third-order valence-corrected chi connectivity index (χ3v) is 4.10. The number of nitrogens with zero attached hydrogens (tertiary/aromatic N) is 4. The zero-order valence-corrected chi connectivity index (χ0v) is 12.7. The van der Waals surface area contributed by atoms with E-state index in [4.69, 9.17) is 5.26 Å². The fourth-order valence-corrected chi connectivity index (χ4v) is 3.08. The molecule has 2 aromatic heterocycles. The van der Waals surface area contributed by atoms with Gasteiger partial charge in [0.25, 0.3) is 0 Å². The van der Waals surface area contributed by atoms with Crippen LogP contribution in [0.3, 0.4) is 0 Å². The summed E-state index contributed by atoms with van der Waals surface area (Å²) in [6, 6.07) is 4.16. The second-order valence-corrected chi connectivity index (χ2v) is 5.71. The third-order valence-electron chi connectivity index (χ3n) is 4.10. The molecule has 118 valence electrons. The van der Waals surface area contributed by atoms with E-state index in [0.29, 0.717) is 19.5 Å². The van der Waals surface area contributed by atoms with E-state index >= 15 is 0 Å². The molecule has 1 aliphatic rings. The lowest BCUT2D eigenvalue weighted by Gasteiger charge is -2.37. The highest BCUT2D eigenvalue weighted by molar-refractivity contribution is 5.88. The number of aromatic amines is 1. The summed E-state index contributed by atoms with van der Waals surface area (Å²) < 4.78 is 0. The minimum atomic E-state index is -0.103. The molecule has 3 rings (SSSR count). The molecule has 1 fully saturated rings. The van der Waals surface area contributed by atoms with Crippen molar-refractivity contribution in [2.45, 2.75) is 18.9 Å². The van der Waals surface area contributed by atoms with Gasteiger partial charge in [-0.3, -0.25) is 4.79 Å². The number of hydrogen-bond donors (Lipinski definition) is 2. The van der Waals surface area contributed by atoms with Crippen LogP contribution >= 0.6 is 0 Å². The zero-order valence-electron chi connectivity index (χ0n) is 12.7. The van der Waals surface area contributed by atoms with Gasteiger partial charge in [0, 0.05) is 31.7 Å². The number of likely N-dealkylation sites (tertiary alicyclic amines) is 1. The van der Waals surface area contributed by atoms with E-state index in [1.54, 1.807) is 4.90 Å². The van der Waals surface area contributed by atoms with Crippen LogP contribution < -0.4 is 5.32 Å². The van der Waals surface area contributed by atoms with Gasteiger partial charge >= 0.3 is 0 Å². The second-order valence-electron chi connectivity index (χ2n) is 5.71. The van der Waals surface area contributed by atoms with E-state index in [-0.39, 0.29) is 17.9 Å². The molecule has 0 saturated carbocycles. The molecular formula is C16H18N6O. The van der Waals surface area contributed by atoms with Crippen LogP contribution in [0, 0.1) is 17.2 Å². The maximum absolute atomic E-state index is 12.0. The van der Waals surface area contributed by atoms with E-state index in [1.807, 2.05) is 12.3 Å². The predicted molar refractivity (Wildman–Crippen MR) is 86.4 cm³/mol. The Kier molecular flexibility index (Phi) is 4.24. The first-order valence-electron chi connectivity index (χ1n) is 7.54. The number of H-pyrrole nitrogens is 1. The van der Waals surface area contributed by atoms with Gasteiger partial charge in [-0.2, -0.15) is 5.26 Å². The van der Waals surface area contributed by atoms with Crippen LogP contribution in [-0.4, -0.2) is 44.9 Å². The Morgan fingerprint density at radius 3 is 3.22 bits per heavy atom. The first-order valence-corrected chi connectivity index (χ1v) is 7.54. The number of nitrogens with one attached hydrogen (secondary N) is 2. The number of amides is 1. The minimum absolute atomic E-state index is 0.0407. The topological polar surface area (TPSA) is 97.7 Å². The van der Waals surface area contributed by atoms with Crippen LogP contribution in [0.2, 0.25) is 0 Å². The first kappa shape index (κ1) is 15.0. The molecule has 7 nitrogen and oxygen atoms in total. The highest BCUT2D eigenvalue weighted by atomic mass is 16.2. The molecular weight excluding hydrogens is 292 g/mol. The van der Waals surface area contributed by atoms with Gasteiger partial charge in [0.15, 0.2) is 0 Å². The molecule has 23 heavy (non-hydrogen) atoms. The molecule has 0 unspecified atom stereocenters. The minimum Gasteiger partial charge on any atom is -0.365 e. The van der Waals surface area contributed by atoms with E-state index in [2.05, 4.69) is 32.9 Å². The second kappa shape index (κ2) is 6.48. The van der Waals surface area contributed by atoms with Gasteiger partial charge in [0.2, 0.25) is 5.91 Å². The van der Waals surface area contributed by atoms with Gasteiger partial charge in [0.05, 0.1) is 11.5 Å². The van der Waals surface area contributed by atoms with Crippen LogP contribution in [0.5, 0.6) is 0 Å². The molecule has 7 heteroatoms. The van der Waals surface area contributed by atoms with Crippen LogP contribution in [0.1, 0.15) is 12.8 Å². The highest BCUT2D eigenvalue weighted by Crippen LogP contribution is 2.25. The van der Waals surface area contributed by atoms with Crippen molar-refractivity contribution in [3.8, 4) is 6.07 Å². The van der Waals surface area contributed by atoms with Crippen molar-refractivity contribution < 1.29 is 4.79 Å². The van der Waals surface area contributed by atoms with Crippen LogP contribution in [-0.2, 0) is 4.79 Å². The Morgan fingerprint density at radius 1 is 1.57 bits per heavy atom. The SMILES string of the molecule is C=CC(=O)N1C[C@H](CC#N)C[C@H](Nc2ncnc3[nH]ccc23)C1. The third kappa shape index (κ3) is 3.16. The van der Waals surface area contributed by atoms with E-state index in [9.17, 15) is 4.79 Å². The van der Waals surface area contributed by atoms with E-state index < -0.39 is 0 Å². The molecule has 0 spiro atoms. The maximum atomic E-state index is 12.0. The largest absolute Gasteiger partial charge is 0.365 e. The van der Waals surface area contributed by atoms with E-state index in [0.717, 1.165) is 23.3 Å². The molecule has 0 bridgehead atoms. The summed E-state index contributed by atoms with van der Waals surface area (Å²) in [4.78, 5) is 25.2. The van der Waals surface area contributed by atoms with Gasteiger partial charge in [-0.05, 0) is 24.5 Å². The van der Waals surface area contributed by atoms with Crippen LogP contribution in [0.4, 0.5) is 5.82 Å². The molecule has 2 aromatic rings. The Hall–Kier alpha value is -2.88. The van der Waals surface area contributed by atoms with Crippen LogP contribution in [0.25, 0.3) is 11.0 Å². The number of anilines is 1. The quantitative estimate of drug-likeness (QED) is 0.837. The highest BCUT2D eigenvalue weighted by Gasteiger charge is 2.29. The number of hydrogen-bond acceptors (Lipinski definition) is 5. The van der Waals surface area contributed by atoms with Crippen molar-refractivity contribution in [3.63, 3.8) is 0 Å². The predicted octanol–water partition coefficient (Wildman–Crippen LogP) is 1.69. The zero-order chi connectivity index (χ0) is 16.2. The summed E-state index contributed by atoms with van der Waals surface area (Å²) in [7, 11) is 0. The lowest BCUT2D eigenvalue weighted by molar-refractivity contribution is -0.127. The van der Waals surface area contributed by atoms with Gasteiger partial charge in [-0.1, -0.05) is 6.58 Å². The van der Waals surface area contributed by atoms with Gasteiger partial charge < -0.3 is 15.2 Å². The van der Waals surface area contributed by atoms with Crippen molar-refractivity contribution >= 4 is 22.8 Å². The molecule has 0 aliphatic carbocycles. The smallest absolute Gasteiger partial charge is 0.246 e. The van der Waals surface area contributed by atoms with Crippen molar-refractivity contribution in [1.82, 2.24) is 19.9 Å². The van der Waals surface area contributed by atoms with E-state index in [1.165, 1.54) is 12.4 Å². The summed E-state index contributed by atoms with van der Waals surface area (Å²) >= 11 is 0. The summed E-state index contributed by atoms with van der Waals surface area (Å²) in [5, 5.41) is 13.3. The lowest BCUT2D eigenvalue weighted by Crippen LogP contribution is -2.48. The molecule has 2 N–H and O–H groups in total. The molecule has 0 aromatic carbocycles. The summed E-state index contributed by atoms with van der Waals surface area (Å²) in [5.74, 6) is 0.789. The molecule has 1 saturated heterocycles. The molecule has 0 radical (unpaired) electrons. The Bertz CT molecular complexity index is 761. The number of rotatable bonds is 4. The number of aromatic nitrogens is 3. The monoisotopic (exact) mass is 310 g/mol. The number of carbonyl (C=O) groups is 1. The molecule has 3 heterocycles. The van der Waals surface area contributed by atoms with Gasteiger partial charge in [0.1, 0.15) is 17.8 Å². The normalized spacial score (nSPS) is 20.9. The van der Waals surface area contributed by atoms with Crippen molar-refractivity contribution in [2.75, 3.05) is 18.4 Å². The Morgan fingerprint density at radius 2 is 2.43 bits per heavy atom. The standard InChI is InChI=1S/C16H18N6O/c1-2-14(23)22-8-11(3-5-17)7-12(9-22)21-16-13-4-6-18-15(13)19-10-20-16/h2,4,6,10-12H,1,3,7-9H2,(H2,18,19,20,21)/t11-,12+/m1/s1. The Labute approximate surface area is 134 Å². The maximum Gasteiger partial charge on any atom is 0.246 e. The van der Waals surface area contributed by atoms with Gasteiger partial charge in [-0.15, -0.1) is 0 Å². The molecule has 1 amide bonds. The lowest BCUT2D eigenvalue weighted by atomic mass is 9.91. The fraction of sp³-hybridized carbons (Fsp3) is 0.375. The van der Waals surface area contributed by atoms with Gasteiger partial charge in [-0.25, -0.2) is 9.97 Å². The summed E-state index contributed by atoms with van der Waals surface area (Å²) in [5.41, 5.74) is 0.769. The summed E-state index contributed by atoms with van der Waals surface area (Å²) in [6.45, 7) is 4.72. The fourth-order valence-electron chi connectivity index (χ4n) is 3.08.